The number of tetrazole rings is 1. The summed E-state index contributed by atoms with van der Waals surface area (Å²) in [7, 11) is 0. The summed E-state index contributed by atoms with van der Waals surface area (Å²) in [5.74, 6) is 0.549. The van der Waals surface area contributed by atoms with Gasteiger partial charge in [-0.15, -0.1) is 5.10 Å². The van der Waals surface area contributed by atoms with Gasteiger partial charge in [0.05, 0.1) is 12.1 Å². The van der Waals surface area contributed by atoms with Crippen LogP contribution in [0, 0.1) is 11.3 Å². The van der Waals surface area contributed by atoms with Crippen molar-refractivity contribution in [3.8, 4) is 11.8 Å². The molecule has 92 valence electrons. The van der Waals surface area contributed by atoms with Crippen LogP contribution in [0.25, 0.3) is 0 Å². The van der Waals surface area contributed by atoms with Crippen LogP contribution in [-0.4, -0.2) is 26.3 Å². The summed E-state index contributed by atoms with van der Waals surface area (Å²) >= 11 is 3.35. The number of hydrogen-bond acceptors (Lipinski definition) is 5. The number of ether oxygens (including phenoxy) is 1. The van der Waals surface area contributed by atoms with E-state index in [0.717, 1.165) is 4.47 Å². The molecule has 0 aliphatic heterocycles. The molecule has 0 aliphatic rings. The summed E-state index contributed by atoms with van der Waals surface area (Å²) in [5, 5.41) is 19.8. The number of rotatable bonds is 4. The van der Waals surface area contributed by atoms with Crippen molar-refractivity contribution in [3.63, 3.8) is 0 Å². The summed E-state index contributed by atoms with van der Waals surface area (Å²) < 4.78 is 8.17. The number of halogens is 1. The maximum absolute atomic E-state index is 9.00. The first-order valence-corrected chi connectivity index (χ1v) is 6.05. The average Bonchev–Trinajstić information content (AvgIpc) is 2.82. The highest BCUT2D eigenvalue weighted by atomic mass is 79.9. The number of benzene rings is 1. The Balaban J connectivity index is 2.09. The lowest BCUT2D eigenvalue weighted by Crippen LogP contribution is -2.20. The van der Waals surface area contributed by atoms with Gasteiger partial charge in [0.1, 0.15) is 24.3 Å². The second-order valence-electron chi connectivity index (χ2n) is 3.71. The van der Waals surface area contributed by atoms with Gasteiger partial charge in [0.25, 0.3) is 0 Å². The van der Waals surface area contributed by atoms with Crippen molar-refractivity contribution in [1.29, 1.82) is 5.26 Å². The van der Waals surface area contributed by atoms with E-state index in [1.54, 1.807) is 22.9 Å². The van der Waals surface area contributed by atoms with E-state index in [2.05, 4.69) is 37.5 Å². The molecule has 1 atom stereocenters. The second kappa shape index (κ2) is 5.60. The molecule has 0 radical (unpaired) electrons. The maximum atomic E-state index is 9.00. The standard InChI is InChI=1S/C11H10BrN5O/c1-8(6-17-7-14-15-16-17)18-11-4-10(12)3-2-9(11)5-13/h2-4,7-8H,6H2,1H3/t8-/m0/s1. The van der Waals surface area contributed by atoms with Crippen molar-refractivity contribution in [2.45, 2.75) is 19.6 Å². The van der Waals surface area contributed by atoms with E-state index in [0.29, 0.717) is 17.9 Å². The summed E-state index contributed by atoms with van der Waals surface area (Å²) in [6.07, 6.45) is 1.38. The molecule has 18 heavy (non-hydrogen) atoms. The van der Waals surface area contributed by atoms with Crippen LogP contribution in [-0.2, 0) is 6.54 Å². The largest absolute Gasteiger partial charge is 0.487 e. The minimum absolute atomic E-state index is 0.144. The van der Waals surface area contributed by atoms with E-state index in [-0.39, 0.29) is 6.10 Å². The number of aromatic nitrogens is 4. The molecule has 7 heteroatoms. The summed E-state index contributed by atoms with van der Waals surface area (Å²) in [6, 6.07) is 7.38. The smallest absolute Gasteiger partial charge is 0.138 e. The lowest BCUT2D eigenvalue weighted by Gasteiger charge is -2.15. The molecule has 0 bridgehead atoms. The molecule has 1 heterocycles. The third kappa shape index (κ3) is 3.05. The molecule has 0 amide bonds. The fourth-order valence-corrected chi connectivity index (χ4v) is 1.81. The predicted octanol–water partition coefficient (Wildman–Crippen LogP) is 1.77. The fourth-order valence-electron chi connectivity index (χ4n) is 1.47. The van der Waals surface area contributed by atoms with E-state index in [4.69, 9.17) is 10.00 Å². The van der Waals surface area contributed by atoms with E-state index in [1.807, 2.05) is 6.92 Å². The first kappa shape index (κ1) is 12.5. The average molecular weight is 308 g/mol. The summed E-state index contributed by atoms with van der Waals surface area (Å²) in [6.45, 7) is 2.41. The van der Waals surface area contributed by atoms with Crippen molar-refractivity contribution in [2.24, 2.45) is 0 Å². The minimum atomic E-state index is -0.144. The molecule has 0 saturated carbocycles. The fraction of sp³-hybridized carbons (Fsp3) is 0.273. The van der Waals surface area contributed by atoms with E-state index < -0.39 is 0 Å². The molecule has 0 unspecified atom stereocenters. The van der Waals surface area contributed by atoms with Gasteiger partial charge in [-0.05, 0) is 35.5 Å². The van der Waals surface area contributed by atoms with Crippen LogP contribution in [0.2, 0.25) is 0 Å². The molecule has 1 aromatic carbocycles. The molecule has 6 nitrogen and oxygen atoms in total. The van der Waals surface area contributed by atoms with Gasteiger partial charge in [-0.25, -0.2) is 4.68 Å². The Morgan fingerprint density at radius 1 is 1.56 bits per heavy atom. The van der Waals surface area contributed by atoms with Crippen molar-refractivity contribution < 1.29 is 4.74 Å². The number of hydrogen-bond donors (Lipinski definition) is 0. The van der Waals surface area contributed by atoms with Crippen LogP contribution in [0.3, 0.4) is 0 Å². The lowest BCUT2D eigenvalue weighted by atomic mass is 10.2. The minimum Gasteiger partial charge on any atom is -0.487 e. The molecule has 0 saturated heterocycles. The summed E-state index contributed by atoms with van der Waals surface area (Å²) in [5.41, 5.74) is 0.502. The Labute approximate surface area is 112 Å². The van der Waals surface area contributed by atoms with E-state index in [9.17, 15) is 0 Å². The van der Waals surface area contributed by atoms with Gasteiger partial charge < -0.3 is 4.74 Å². The van der Waals surface area contributed by atoms with Gasteiger partial charge >= 0.3 is 0 Å². The normalized spacial score (nSPS) is 11.8. The molecular formula is C11H10BrN5O. The first-order valence-electron chi connectivity index (χ1n) is 5.26. The third-order valence-electron chi connectivity index (χ3n) is 2.23. The van der Waals surface area contributed by atoms with Crippen LogP contribution in [0.4, 0.5) is 0 Å². The van der Waals surface area contributed by atoms with Crippen molar-refractivity contribution in [1.82, 2.24) is 20.2 Å². The predicted molar refractivity (Wildman–Crippen MR) is 66.8 cm³/mol. The Kier molecular flexibility index (Phi) is 3.89. The zero-order valence-corrected chi connectivity index (χ0v) is 11.2. The lowest BCUT2D eigenvalue weighted by molar-refractivity contribution is 0.192. The van der Waals surface area contributed by atoms with E-state index in [1.165, 1.54) is 6.33 Å². The molecule has 1 aromatic heterocycles. The van der Waals surface area contributed by atoms with Crippen molar-refractivity contribution >= 4 is 15.9 Å². The van der Waals surface area contributed by atoms with Crippen LogP contribution in [0.5, 0.6) is 5.75 Å². The Hall–Kier alpha value is -1.94. The van der Waals surface area contributed by atoms with Crippen LogP contribution >= 0.6 is 15.9 Å². The molecular weight excluding hydrogens is 298 g/mol. The van der Waals surface area contributed by atoms with Gasteiger partial charge in [-0.2, -0.15) is 5.26 Å². The van der Waals surface area contributed by atoms with Crippen molar-refractivity contribution in [2.75, 3.05) is 0 Å². The SMILES string of the molecule is C[C@@H](Cn1cnnn1)Oc1cc(Br)ccc1C#N. The Morgan fingerprint density at radius 2 is 2.39 bits per heavy atom. The van der Waals surface area contributed by atoms with Crippen molar-refractivity contribution in [3.05, 3.63) is 34.6 Å². The Morgan fingerprint density at radius 3 is 3.06 bits per heavy atom. The number of nitrogens with zero attached hydrogens (tertiary/aromatic N) is 5. The number of nitriles is 1. The highest BCUT2D eigenvalue weighted by Crippen LogP contribution is 2.24. The van der Waals surface area contributed by atoms with Crippen LogP contribution in [0.15, 0.2) is 29.0 Å². The van der Waals surface area contributed by atoms with Gasteiger partial charge in [0.15, 0.2) is 0 Å². The van der Waals surface area contributed by atoms with Crippen LogP contribution < -0.4 is 4.74 Å². The van der Waals surface area contributed by atoms with Crippen LogP contribution in [0.1, 0.15) is 12.5 Å². The molecule has 0 aliphatic carbocycles. The highest BCUT2D eigenvalue weighted by molar-refractivity contribution is 9.10. The van der Waals surface area contributed by atoms with Gasteiger partial charge in [-0.1, -0.05) is 15.9 Å². The molecule has 0 N–H and O–H groups in total. The molecule has 0 fully saturated rings. The zero-order chi connectivity index (χ0) is 13.0. The Bertz CT molecular complexity index is 563. The summed E-state index contributed by atoms with van der Waals surface area (Å²) in [4.78, 5) is 0. The zero-order valence-electron chi connectivity index (χ0n) is 9.62. The van der Waals surface area contributed by atoms with Gasteiger partial charge in [0.2, 0.25) is 0 Å². The molecule has 2 rings (SSSR count). The monoisotopic (exact) mass is 307 g/mol. The highest BCUT2D eigenvalue weighted by Gasteiger charge is 2.10. The molecule has 0 spiro atoms. The van der Waals surface area contributed by atoms with Gasteiger partial charge in [0, 0.05) is 4.47 Å². The first-order chi connectivity index (χ1) is 8.69. The maximum Gasteiger partial charge on any atom is 0.138 e. The topological polar surface area (TPSA) is 76.6 Å². The second-order valence-corrected chi connectivity index (χ2v) is 4.63. The quantitative estimate of drug-likeness (QED) is 0.860. The molecule has 2 aromatic rings. The third-order valence-corrected chi connectivity index (χ3v) is 2.72. The van der Waals surface area contributed by atoms with Gasteiger partial charge in [-0.3, -0.25) is 0 Å². The van der Waals surface area contributed by atoms with E-state index >= 15 is 0 Å².